The van der Waals surface area contributed by atoms with Crippen LogP contribution in [0.1, 0.15) is 43.9 Å². The van der Waals surface area contributed by atoms with E-state index in [-0.39, 0.29) is 11.9 Å². The normalized spacial score (nSPS) is 25.8. The summed E-state index contributed by atoms with van der Waals surface area (Å²) in [5, 5.41) is 7.29. The first-order chi connectivity index (χ1) is 12.2. The maximum Gasteiger partial charge on any atom is 0.266 e. The van der Waals surface area contributed by atoms with Gasteiger partial charge in [-0.1, -0.05) is 5.16 Å². The van der Waals surface area contributed by atoms with Crippen molar-refractivity contribution >= 4 is 17.6 Å². The smallest absolute Gasteiger partial charge is 0.266 e. The predicted molar refractivity (Wildman–Crippen MR) is 91.0 cm³/mol. The lowest BCUT2D eigenvalue weighted by Gasteiger charge is -2.26. The minimum atomic E-state index is -0.466. The van der Waals surface area contributed by atoms with Gasteiger partial charge in [-0.2, -0.15) is 0 Å². The second kappa shape index (κ2) is 6.95. The Balaban J connectivity index is 1.40. The van der Waals surface area contributed by atoms with Crippen LogP contribution in [0.15, 0.2) is 11.4 Å². The molecule has 2 unspecified atom stereocenters. The van der Waals surface area contributed by atoms with Gasteiger partial charge >= 0.3 is 0 Å². The number of nitrogens with one attached hydrogen (secondary N) is 1. The number of rotatable bonds is 3. The van der Waals surface area contributed by atoms with E-state index in [1.807, 2.05) is 18.0 Å². The number of hydrogen-bond acceptors (Lipinski definition) is 7. The third kappa shape index (κ3) is 3.58. The van der Waals surface area contributed by atoms with E-state index in [1.165, 1.54) is 0 Å². The Kier molecular flexibility index (Phi) is 4.52. The molecule has 1 saturated heterocycles. The van der Waals surface area contributed by atoms with E-state index < -0.39 is 6.10 Å². The lowest BCUT2D eigenvalue weighted by molar-refractivity contribution is -0.142. The molecule has 3 aliphatic heterocycles. The van der Waals surface area contributed by atoms with Crippen LogP contribution in [0, 0.1) is 0 Å². The number of amides is 1. The van der Waals surface area contributed by atoms with E-state index in [0.29, 0.717) is 32.1 Å². The Morgan fingerprint density at radius 1 is 1.36 bits per heavy atom. The van der Waals surface area contributed by atoms with Crippen molar-refractivity contribution in [2.75, 3.05) is 18.4 Å². The van der Waals surface area contributed by atoms with Crippen molar-refractivity contribution in [1.82, 2.24) is 14.9 Å². The molecule has 2 atom stereocenters. The van der Waals surface area contributed by atoms with Gasteiger partial charge in [0.2, 0.25) is 12.1 Å². The van der Waals surface area contributed by atoms with Gasteiger partial charge in [-0.25, -0.2) is 9.97 Å². The predicted octanol–water partition coefficient (Wildman–Crippen LogP) is 1.46. The van der Waals surface area contributed by atoms with E-state index in [4.69, 9.17) is 9.57 Å². The molecule has 0 radical (unpaired) electrons. The van der Waals surface area contributed by atoms with Crippen LogP contribution in [0.5, 0.6) is 0 Å². The summed E-state index contributed by atoms with van der Waals surface area (Å²) < 4.78 is 5.39. The number of fused-ring (bicyclic) bond motifs is 1. The van der Waals surface area contributed by atoms with Crippen LogP contribution in [-0.2, 0) is 27.6 Å². The maximum absolute atomic E-state index is 12.7. The average Bonchev–Trinajstić information content (AvgIpc) is 3.18. The van der Waals surface area contributed by atoms with E-state index in [2.05, 4.69) is 20.4 Å². The molecular weight excluding hydrogens is 322 g/mol. The minimum absolute atomic E-state index is 0.0255. The number of oxime groups is 1. The third-order valence-corrected chi connectivity index (χ3v) is 4.86. The molecule has 0 aliphatic carbocycles. The van der Waals surface area contributed by atoms with Gasteiger partial charge in [0.05, 0.1) is 24.6 Å². The quantitative estimate of drug-likeness (QED) is 0.892. The number of likely N-dealkylation sites (tertiary alicyclic amines) is 1. The highest BCUT2D eigenvalue weighted by atomic mass is 16.6. The molecule has 0 spiro atoms. The van der Waals surface area contributed by atoms with Crippen LogP contribution >= 0.6 is 0 Å². The number of anilines is 1. The zero-order valence-corrected chi connectivity index (χ0v) is 14.4. The summed E-state index contributed by atoms with van der Waals surface area (Å²) in [5.74, 6) is 0.636. The number of ether oxygens (including phenoxy) is 1. The number of carbonyl (C=O) groups is 1. The van der Waals surface area contributed by atoms with Crippen molar-refractivity contribution in [3.05, 3.63) is 17.5 Å². The molecule has 0 bridgehead atoms. The molecule has 8 nitrogen and oxygen atoms in total. The van der Waals surface area contributed by atoms with E-state index >= 15 is 0 Å². The SMILES string of the molecule is CC1=NOC(C(=O)N2CCCCC(Nc3ncc4c(n3)COC4)C2)C1. The number of carbonyl (C=O) groups excluding carboxylic acids is 1. The Morgan fingerprint density at radius 3 is 3.12 bits per heavy atom. The summed E-state index contributed by atoms with van der Waals surface area (Å²) in [6.07, 6.45) is 4.99. The van der Waals surface area contributed by atoms with E-state index in [9.17, 15) is 4.79 Å². The summed E-state index contributed by atoms with van der Waals surface area (Å²) in [4.78, 5) is 28.8. The number of nitrogens with zero attached hydrogens (tertiary/aromatic N) is 4. The molecule has 25 heavy (non-hydrogen) atoms. The van der Waals surface area contributed by atoms with Crippen LogP contribution in [0.3, 0.4) is 0 Å². The van der Waals surface area contributed by atoms with Gasteiger partial charge < -0.3 is 19.8 Å². The van der Waals surface area contributed by atoms with Gasteiger partial charge in [-0.3, -0.25) is 4.79 Å². The first-order valence-corrected chi connectivity index (χ1v) is 8.86. The monoisotopic (exact) mass is 345 g/mol. The van der Waals surface area contributed by atoms with Gasteiger partial charge in [0.1, 0.15) is 0 Å². The van der Waals surface area contributed by atoms with Crippen molar-refractivity contribution in [3.8, 4) is 0 Å². The topological polar surface area (TPSA) is 88.9 Å². The first kappa shape index (κ1) is 16.3. The molecule has 8 heteroatoms. The Labute approximate surface area is 146 Å². The van der Waals surface area contributed by atoms with Crippen LogP contribution in [0.4, 0.5) is 5.95 Å². The fraction of sp³-hybridized carbons (Fsp3) is 0.647. The number of hydrogen-bond donors (Lipinski definition) is 1. The second-order valence-electron chi connectivity index (χ2n) is 6.90. The molecule has 4 heterocycles. The van der Waals surface area contributed by atoms with Gasteiger partial charge in [0.25, 0.3) is 5.91 Å². The highest BCUT2D eigenvalue weighted by Crippen LogP contribution is 2.21. The lowest BCUT2D eigenvalue weighted by atomic mass is 10.1. The average molecular weight is 345 g/mol. The molecule has 134 valence electrons. The van der Waals surface area contributed by atoms with Gasteiger partial charge in [0, 0.05) is 37.3 Å². The van der Waals surface area contributed by atoms with Gasteiger partial charge in [-0.05, 0) is 26.2 Å². The number of aromatic nitrogens is 2. The maximum atomic E-state index is 12.7. The molecule has 1 fully saturated rings. The van der Waals surface area contributed by atoms with Crippen LogP contribution in [0.25, 0.3) is 0 Å². The minimum Gasteiger partial charge on any atom is -0.382 e. The van der Waals surface area contributed by atoms with E-state index in [1.54, 1.807) is 0 Å². The molecule has 4 rings (SSSR count). The van der Waals surface area contributed by atoms with Crippen LogP contribution in [0.2, 0.25) is 0 Å². The molecule has 3 aliphatic rings. The zero-order valence-electron chi connectivity index (χ0n) is 14.4. The standard InChI is InChI=1S/C17H23N5O3/c1-11-6-15(25-21-11)16(23)22-5-3-2-4-13(8-22)19-17-18-7-12-9-24-10-14(12)20-17/h7,13,15H,2-6,8-10H2,1H3,(H,18,19,20). The summed E-state index contributed by atoms with van der Waals surface area (Å²) in [7, 11) is 0. The summed E-state index contributed by atoms with van der Waals surface area (Å²) >= 11 is 0. The Bertz CT molecular complexity index is 693. The molecule has 1 aromatic heterocycles. The zero-order chi connectivity index (χ0) is 17.2. The summed E-state index contributed by atoms with van der Waals surface area (Å²) in [6, 6.07) is 0.134. The Hall–Kier alpha value is -2.22. The second-order valence-corrected chi connectivity index (χ2v) is 6.90. The van der Waals surface area contributed by atoms with Gasteiger partial charge in [0.15, 0.2) is 0 Å². The molecular formula is C17H23N5O3. The molecule has 1 N–H and O–H groups in total. The molecule has 1 amide bonds. The van der Waals surface area contributed by atoms with Crippen molar-refractivity contribution in [1.29, 1.82) is 0 Å². The van der Waals surface area contributed by atoms with Crippen LogP contribution < -0.4 is 5.32 Å². The summed E-state index contributed by atoms with van der Waals surface area (Å²) in [6.45, 7) is 4.41. The molecule has 0 saturated carbocycles. The first-order valence-electron chi connectivity index (χ1n) is 8.86. The highest BCUT2D eigenvalue weighted by molar-refractivity contribution is 5.91. The van der Waals surface area contributed by atoms with Crippen LogP contribution in [-0.4, -0.2) is 51.7 Å². The molecule has 0 aromatic carbocycles. The largest absolute Gasteiger partial charge is 0.382 e. The lowest BCUT2D eigenvalue weighted by Crippen LogP contribution is -2.44. The van der Waals surface area contributed by atoms with Crippen molar-refractivity contribution in [3.63, 3.8) is 0 Å². The highest BCUT2D eigenvalue weighted by Gasteiger charge is 2.32. The fourth-order valence-electron chi connectivity index (χ4n) is 3.49. The van der Waals surface area contributed by atoms with Gasteiger partial charge in [-0.15, -0.1) is 0 Å². The van der Waals surface area contributed by atoms with Crippen molar-refractivity contribution < 1.29 is 14.4 Å². The third-order valence-electron chi connectivity index (χ3n) is 4.86. The van der Waals surface area contributed by atoms with Crippen molar-refractivity contribution in [2.45, 2.75) is 58.0 Å². The molecule has 1 aromatic rings. The van der Waals surface area contributed by atoms with Crippen molar-refractivity contribution in [2.24, 2.45) is 5.16 Å². The Morgan fingerprint density at radius 2 is 2.28 bits per heavy atom. The van der Waals surface area contributed by atoms with E-state index in [0.717, 1.165) is 42.8 Å². The fourth-order valence-corrected chi connectivity index (χ4v) is 3.49. The summed E-state index contributed by atoms with van der Waals surface area (Å²) in [5.41, 5.74) is 2.87.